The summed E-state index contributed by atoms with van der Waals surface area (Å²) in [4.78, 5) is 1.98. The lowest BCUT2D eigenvalue weighted by atomic mass is 10.2. The SMILES string of the molecule is CSc1cccc2c1cc(Br)n2[S+]([O-])c1ccccc1. The van der Waals surface area contributed by atoms with Crippen LogP contribution in [0.3, 0.4) is 0 Å². The van der Waals surface area contributed by atoms with Crippen molar-refractivity contribution in [2.45, 2.75) is 9.79 Å². The monoisotopic (exact) mass is 365 g/mol. The number of thioether (sulfide) groups is 1. The van der Waals surface area contributed by atoms with Crippen molar-refractivity contribution in [1.82, 2.24) is 3.97 Å². The molecule has 0 N–H and O–H groups in total. The molecule has 0 saturated carbocycles. The van der Waals surface area contributed by atoms with Crippen molar-refractivity contribution >= 4 is 50.0 Å². The van der Waals surface area contributed by atoms with Crippen LogP contribution in [-0.4, -0.2) is 14.8 Å². The minimum absolute atomic E-state index is 0.792. The van der Waals surface area contributed by atoms with E-state index >= 15 is 0 Å². The van der Waals surface area contributed by atoms with Crippen molar-refractivity contribution in [3.8, 4) is 0 Å². The standard InChI is InChI=1S/C15H12BrNOS2/c1-19-14-9-5-8-13-12(14)10-15(16)17(13)20(18)11-6-3-2-4-7-11/h2-10H,1H3. The van der Waals surface area contributed by atoms with Gasteiger partial charge in [0.05, 0.1) is 0 Å². The molecule has 0 radical (unpaired) electrons. The van der Waals surface area contributed by atoms with Crippen LogP contribution in [0.2, 0.25) is 0 Å². The lowest BCUT2D eigenvalue weighted by Gasteiger charge is -2.12. The zero-order valence-electron chi connectivity index (χ0n) is 10.7. The highest BCUT2D eigenvalue weighted by molar-refractivity contribution is 9.10. The van der Waals surface area contributed by atoms with Gasteiger partial charge in [0.2, 0.25) is 0 Å². The molecular formula is C15H12BrNOS2. The summed E-state index contributed by atoms with van der Waals surface area (Å²) in [7, 11) is 0. The molecule has 0 aliphatic carbocycles. The second-order valence-corrected chi connectivity index (χ2v) is 7.21. The zero-order valence-corrected chi connectivity index (χ0v) is 14.0. The van der Waals surface area contributed by atoms with Crippen molar-refractivity contribution in [3.05, 3.63) is 59.2 Å². The fourth-order valence-electron chi connectivity index (χ4n) is 2.14. The number of benzene rings is 2. The van der Waals surface area contributed by atoms with E-state index in [-0.39, 0.29) is 0 Å². The maximum atomic E-state index is 12.8. The maximum Gasteiger partial charge on any atom is 0.180 e. The third kappa shape index (κ3) is 2.39. The molecule has 1 heterocycles. The number of rotatable bonds is 3. The molecule has 20 heavy (non-hydrogen) atoms. The fourth-order valence-corrected chi connectivity index (χ4v) is 4.70. The van der Waals surface area contributed by atoms with Crippen LogP contribution in [0, 0.1) is 0 Å². The normalized spacial score (nSPS) is 12.8. The second kappa shape index (κ2) is 5.85. The first kappa shape index (κ1) is 14.1. The molecule has 0 saturated heterocycles. The summed E-state index contributed by atoms with van der Waals surface area (Å²) in [5.74, 6) is 0. The van der Waals surface area contributed by atoms with Crippen LogP contribution in [0.5, 0.6) is 0 Å². The lowest BCUT2D eigenvalue weighted by Crippen LogP contribution is -2.12. The Labute approximate surface area is 133 Å². The van der Waals surface area contributed by atoms with E-state index in [1.165, 1.54) is 4.90 Å². The van der Waals surface area contributed by atoms with Crippen molar-refractivity contribution in [3.63, 3.8) is 0 Å². The van der Waals surface area contributed by atoms with Crippen LogP contribution < -0.4 is 0 Å². The predicted octanol–water partition coefficient (Wildman–Crippen LogP) is 4.70. The van der Waals surface area contributed by atoms with E-state index in [2.05, 4.69) is 22.0 Å². The van der Waals surface area contributed by atoms with Gasteiger partial charge in [-0.1, -0.05) is 24.3 Å². The van der Waals surface area contributed by atoms with Crippen molar-refractivity contribution in [1.29, 1.82) is 0 Å². The highest BCUT2D eigenvalue weighted by atomic mass is 79.9. The summed E-state index contributed by atoms with van der Waals surface area (Å²) < 4.78 is 15.4. The average molecular weight is 366 g/mol. The molecular weight excluding hydrogens is 354 g/mol. The van der Waals surface area contributed by atoms with Gasteiger partial charge in [0.25, 0.3) is 0 Å². The van der Waals surface area contributed by atoms with Gasteiger partial charge in [-0.25, -0.2) is 0 Å². The Balaban J connectivity index is 2.19. The predicted molar refractivity (Wildman–Crippen MR) is 89.7 cm³/mol. The summed E-state index contributed by atoms with van der Waals surface area (Å²) in [6.07, 6.45) is 2.05. The first-order valence-corrected chi connectivity index (χ1v) is 9.16. The molecule has 3 aromatic rings. The number of fused-ring (bicyclic) bond motifs is 1. The molecule has 0 spiro atoms. The highest BCUT2D eigenvalue weighted by Crippen LogP contribution is 2.33. The van der Waals surface area contributed by atoms with E-state index in [4.69, 9.17) is 0 Å². The Morgan fingerprint density at radius 1 is 1.10 bits per heavy atom. The van der Waals surface area contributed by atoms with Crippen molar-refractivity contribution in [2.75, 3.05) is 6.26 Å². The number of nitrogens with zero attached hydrogens (tertiary/aromatic N) is 1. The topological polar surface area (TPSA) is 28.0 Å². The van der Waals surface area contributed by atoms with Crippen LogP contribution in [0.25, 0.3) is 10.9 Å². The van der Waals surface area contributed by atoms with Crippen LogP contribution >= 0.6 is 27.7 Å². The molecule has 1 atom stereocenters. The minimum Gasteiger partial charge on any atom is -0.587 e. The van der Waals surface area contributed by atoms with Crippen LogP contribution in [0.15, 0.2) is 69.0 Å². The quantitative estimate of drug-likeness (QED) is 0.497. The maximum absolute atomic E-state index is 12.8. The van der Waals surface area contributed by atoms with E-state index in [0.717, 1.165) is 20.4 Å². The third-order valence-corrected chi connectivity index (χ3v) is 6.06. The number of halogens is 1. The van der Waals surface area contributed by atoms with Gasteiger partial charge in [-0.15, -0.1) is 11.8 Å². The minimum atomic E-state index is -1.25. The number of aromatic nitrogens is 1. The molecule has 2 aromatic carbocycles. The van der Waals surface area contributed by atoms with E-state index < -0.39 is 11.4 Å². The summed E-state index contributed by atoms with van der Waals surface area (Å²) in [6.45, 7) is 0. The lowest BCUT2D eigenvalue weighted by molar-refractivity contribution is 0.587. The van der Waals surface area contributed by atoms with E-state index in [1.54, 1.807) is 11.8 Å². The largest absolute Gasteiger partial charge is 0.587 e. The molecule has 0 aliphatic rings. The molecule has 102 valence electrons. The molecule has 2 nitrogen and oxygen atoms in total. The highest BCUT2D eigenvalue weighted by Gasteiger charge is 2.21. The second-order valence-electron chi connectivity index (χ2n) is 4.22. The smallest absolute Gasteiger partial charge is 0.180 e. The summed E-state index contributed by atoms with van der Waals surface area (Å²) in [6, 6.07) is 17.6. The molecule has 3 rings (SSSR count). The van der Waals surface area contributed by atoms with Gasteiger partial charge in [-0.05, 0) is 52.5 Å². The Bertz CT molecular complexity index is 742. The average Bonchev–Trinajstić information content (AvgIpc) is 2.83. The Morgan fingerprint density at radius 3 is 2.55 bits per heavy atom. The molecule has 5 heteroatoms. The van der Waals surface area contributed by atoms with Gasteiger partial charge in [0.1, 0.15) is 21.5 Å². The van der Waals surface area contributed by atoms with E-state index in [1.807, 2.05) is 58.8 Å². The fraction of sp³-hybridized carbons (Fsp3) is 0.0667. The third-order valence-electron chi connectivity index (χ3n) is 3.05. The molecule has 0 bridgehead atoms. The summed E-state index contributed by atoms with van der Waals surface area (Å²) in [5.41, 5.74) is 0.978. The van der Waals surface area contributed by atoms with Gasteiger partial charge in [-0.3, -0.25) is 0 Å². The summed E-state index contributed by atoms with van der Waals surface area (Å²) >= 11 is 3.97. The number of hydrogen-bond acceptors (Lipinski definition) is 2. The first-order valence-electron chi connectivity index (χ1n) is 6.03. The molecule has 0 amide bonds. The molecule has 1 aromatic heterocycles. The van der Waals surface area contributed by atoms with E-state index in [0.29, 0.717) is 0 Å². The van der Waals surface area contributed by atoms with Gasteiger partial charge >= 0.3 is 0 Å². The van der Waals surface area contributed by atoms with Gasteiger partial charge in [0.15, 0.2) is 4.90 Å². The van der Waals surface area contributed by atoms with Crippen LogP contribution in [0.4, 0.5) is 0 Å². The Kier molecular flexibility index (Phi) is 4.12. The van der Waals surface area contributed by atoms with Crippen molar-refractivity contribution in [2.24, 2.45) is 0 Å². The van der Waals surface area contributed by atoms with Gasteiger partial charge in [-0.2, -0.15) is 3.97 Å². The Morgan fingerprint density at radius 2 is 1.85 bits per heavy atom. The van der Waals surface area contributed by atoms with Crippen LogP contribution in [-0.2, 0) is 11.4 Å². The first-order chi connectivity index (χ1) is 9.72. The van der Waals surface area contributed by atoms with Gasteiger partial charge in [0, 0.05) is 10.3 Å². The molecule has 1 unspecified atom stereocenters. The Hall–Kier alpha value is -0.880. The van der Waals surface area contributed by atoms with E-state index in [9.17, 15) is 4.55 Å². The van der Waals surface area contributed by atoms with Crippen LogP contribution in [0.1, 0.15) is 0 Å². The summed E-state index contributed by atoms with van der Waals surface area (Å²) in [5, 5.41) is 1.12. The molecule has 0 fully saturated rings. The zero-order chi connectivity index (χ0) is 14.1. The van der Waals surface area contributed by atoms with Gasteiger partial charge < -0.3 is 4.55 Å². The number of hydrogen-bond donors (Lipinski definition) is 0. The molecule has 0 aliphatic heterocycles. The van der Waals surface area contributed by atoms with Crippen molar-refractivity contribution < 1.29 is 4.55 Å².